The van der Waals surface area contributed by atoms with Gasteiger partial charge in [-0.05, 0) is 75.5 Å². The maximum absolute atomic E-state index is 12.7. The molecule has 0 aromatic carbocycles. The lowest BCUT2D eigenvalue weighted by Gasteiger charge is -2.53. The van der Waals surface area contributed by atoms with E-state index < -0.39 is 6.10 Å². The molecule has 1 N–H and O–H groups in total. The van der Waals surface area contributed by atoms with Gasteiger partial charge in [-0.1, -0.05) is 19.3 Å². The predicted molar refractivity (Wildman–Crippen MR) is 91.1 cm³/mol. The second kappa shape index (κ2) is 6.68. The Balaban J connectivity index is 1.31. The van der Waals surface area contributed by atoms with E-state index in [-0.39, 0.29) is 23.8 Å². The second-order valence-electron chi connectivity index (χ2n) is 8.88. The highest BCUT2D eigenvalue weighted by Crippen LogP contribution is 2.56. The van der Waals surface area contributed by atoms with Crippen LogP contribution in [-0.2, 0) is 14.3 Å². The SMILES string of the molecule is C[C@H](OC(=O)C1C2CC3CC(C2)CC1C3)C(=O)NC1CCCCC1. The molecule has 0 unspecified atom stereocenters. The topological polar surface area (TPSA) is 55.4 Å². The van der Waals surface area contributed by atoms with Crippen LogP contribution in [0.1, 0.15) is 71.1 Å². The maximum Gasteiger partial charge on any atom is 0.310 e. The molecule has 0 radical (unpaired) electrons. The van der Waals surface area contributed by atoms with Crippen molar-refractivity contribution < 1.29 is 14.3 Å². The highest BCUT2D eigenvalue weighted by atomic mass is 16.5. The van der Waals surface area contributed by atoms with Gasteiger partial charge in [-0.3, -0.25) is 9.59 Å². The Morgan fingerprint density at radius 3 is 2.08 bits per heavy atom. The van der Waals surface area contributed by atoms with Crippen molar-refractivity contribution in [2.45, 2.75) is 83.3 Å². The summed E-state index contributed by atoms with van der Waals surface area (Å²) < 4.78 is 5.63. The van der Waals surface area contributed by atoms with Crippen molar-refractivity contribution in [1.29, 1.82) is 0 Å². The monoisotopic (exact) mass is 333 g/mol. The van der Waals surface area contributed by atoms with Crippen LogP contribution in [0, 0.1) is 29.6 Å². The summed E-state index contributed by atoms with van der Waals surface area (Å²) in [4.78, 5) is 25.1. The van der Waals surface area contributed by atoms with Crippen LogP contribution in [0.15, 0.2) is 0 Å². The van der Waals surface area contributed by atoms with Crippen LogP contribution in [0.25, 0.3) is 0 Å². The smallest absolute Gasteiger partial charge is 0.310 e. The summed E-state index contributed by atoms with van der Waals surface area (Å²) in [5.74, 6) is 2.58. The summed E-state index contributed by atoms with van der Waals surface area (Å²) >= 11 is 0. The van der Waals surface area contributed by atoms with Crippen molar-refractivity contribution in [3.8, 4) is 0 Å². The van der Waals surface area contributed by atoms with Crippen LogP contribution in [0.3, 0.4) is 0 Å². The summed E-state index contributed by atoms with van der Waals surface area (Å²) in [5.41, 5.74) is 0. The molecule has 5 aliphatic rings. The van der Waals surface area contributed by atoms with Crippen LogP contribution in [-0.4, -0.2) is 24.0 Å². The van der Waals surface area contributed by atoms with Crippen LogP contribution in [0.2, 0.25) is 0 Å². The highest BCUT2D eigenvalue weighted by molar-refractivity contribution is 5.84. The lowest BCUT2D eigenvalue weighted by atomic mass is 9.52. The minimum atomic E-state index is -0.656. The van der Waals surface area contributed by atoms with E-state index in [9.17, 15) is 9.59 Å². The molecular weight excluding hydrogens is 302 g/mol. The van der Waals surface area contributed by atoms with Gasteiger partial charge in [0.1, 0.15) is 0 Å². The van der Waals surface area contributed by atoms with E-state index in [1.165, 1.54) is 51.4 Å². The normalized spacial score (nSPS) is 39.5. The van der Waals surface area contributed by atoms with Crippen LogP contribution in [0.4, 0.5) is 0 Å². The number of amides is 1. The van der Waals surface area contributed by atoms with Crippen molar-refractivity contribution in [2.75, 3.05) is 0 Å². The van der Waals surface area contributed by atoms with Crippen molar-refractivity contribution in [3.05, 3.63) is 0 Å². The third-order valence-corrected chi connectivity index (χ3v) is 7.11. The second-order valence-corrected chi connectivity index (χ2v) is 8.88. The van der Waals surface area contributed by atoms with E-state index in [1.807, 2.05) is 0 Å². The van der Waals surface area contributed by atoms with Gasteiger partial charge in [-0.15, -0.1) is 0 Å². The van der Waals surface area contributed by atoms with Crippen LogP contribution >= 0.6 is 0 Å². The maximum atomic E-state index is 12.7. The molecule has 0 saturated heterocycles. The molecule has 1 amide bonds. The van der Waals surface area contributed by atoms with E-state index in [4.69, 9.17) is 4.74 Å². The average molecular weight is 333 g/mol. The Labute approximate surface area is 145 Å². The standard InChI is InChI=1S/C20H31NO3/c1-12(19(22)21-17-5-3-2-4-6-17)24-20(23)18-15-8-13-7-14(10-15)11-16(18)9-13/h12-18H,2-11H2,1H3,(H,21,22)/t12-,13?,14?,15?,16?,18?/m0/s1. The van der Waals surface area contributed by atoms with Crippen molar-refractivity contribution in [2.24, 2.45) is 29.6 Å². The van der Waals surface area contributed by atoms with Gasteiger partial charge >= 0.3 is 5.97 Å². The Morgan fingerprint density at radius 1 is 0.917 bits per heavy atom. The first-order chi connectivity index (χ1) is 11.6. The first kappa shape index (κ1) is 16.4. The molecule has 4 bridgehead atoms. The van der Waals surface area contributed by atoms with E-state index in [0.29, 0.717) is 11.8 Å². The molecule has 0 aliphatic heterocycles. The lowest BCUT2D eigenvalue weighted by Crippen LogP contribution is -2.50. The molecule has 0 spiro atoms. The fraction of sp³-hybridized carbons (Fsp3) is 0.900. The van der Waals surface area contributed by atoms with Gasteiger partial charge in [0.2, 0.25) is 0 Å². The first-order valence-electron chi connectivity index (χ1n) is 10.1. The molecule has 134 valence electrons. The number of hydrogen-bond donors (Lipinski definition) is 1. The van der Waals surface area contributed by atoms with Gasteiger partial charge in [0, 0.05) is 6.04 Å². The summed E-state index contributed by atoms with van der Waals surface area (Å²) in [6.45, 7) is 1.73. The molecule has 5 rings (SSSR count). The molecule has 5 fully saturated rings. The zero-order valence-electron chi connectivity index (χ0n) is 14.8. The molecule has 0 aromatic heterocycles. The van der Waals surface area contributed by atoms with E-state index >= 15 is 0 Å². The number of hydrogen-bond acceptors (Lipinski definition) is 3. The number of esters is 1. The molecule has 4 heteroatoms. The zero-order valence-corrected chi connectivity index (χ0v) is 14.8. The number of nitrogens with one attached hydrogen (secondary N) is 1. The summed E-state index contributed by atoms with van der Waals surface area (Å²) in [6, 6.07) is 0.272. The van der Waals surface area contributed by atoms with Crippen LogP contribution < -0.4 is 5.32 Å². The van der Waals surface area contributed by atoms with E-state index in [0.717, 1.165) is 24.7 Å². The molecular formula is C20H31NO3. The molecule has 5 aliphatic carbocycles. The number of ether oxygens (including phenoxy) is 1. The summed E-state index contributed by atoms with van der Waals surface area (Å²) in [5, 5.41) is 3.08. The Kier molecular flexibility index (Phi) is 4.57. The van der Waals surface area contributed by atoms with E-state index in [2.05, 4.69) is 5.32 Å². The van der Waals surface area contributed by atoms with Crippen molar-refractivity contribution >= 4 is 11.9 Å². The molecule has 1 atom stereocenters. The van der Waals surface area contributed by atoms with Gasteiger partial charge < -0.3 is 10.1 Å². The van der Waals surface area contributed by atoms with Gasteiger partial charge in [-0.2, -0.15) is 0 Å². The molecule has 4 nitrogen and oxygen atoms in total. The Bertz CT molecular complexity index is 469. The van der Waals surface area contributed by atoms with Crippen LogP contribution in [0.5, 0.6) is 0 Å². The molecule has 0 heterocycles. The minimum Gasteiger partial charge on any atom is -0.452 e. The van der Waals surface area contributed by atoms with Crippen molar-refractivity contribution in [1.82, 2.24) is 5.32 Å². The number of carbonyl (C=O) groups is 2. The van der Waals surface area contributed by atoms with Gasteiger partial charge in [0.25, 0.3) is 5.91 Å². The highest BCUT2D eigenvalue weighted by Gasteiger charge is 2.51. The summed E-state index contributed by atoms with van der Waals surface area (Å²) in [7, 11) is 0. The minimum absolute atomic E-state index is 0.0581. The number of carbonyl (C=O) groups excluding carboxylic acids is 2. The largest absolute Gasteiger partial charge is 0.452 e. The Morgan fingerprint density at radius 2 is 1.50 bits per heavy atom. The lowest BCUT2D eigenvalue weighted by molar-refractivity contribution is -0.170. The Hall–Kier alpha value is -1.06. The van der Waals surface area contributed by atoms with Gasteiger partial charge in [0.15, 0.2) is 6.10 Å². The molecule has 0 aromatic rings. The third-order valence-electron chi connectivity index (χ3n) is 7.11. The molecule has 24 heavy (non-hydrogen) atoms. The van der Waals surface area contributed by atoms with E-state index in [1.54, 1.807) is 6.92 Å². The summed E-state index contributed by atoms with van der Waals surface area (Å²) in [6.07, 6.45) is 11.3. The zero-order chi connectivity index (χ0) is 16.7. The fourth-order valence-electron chi connectivity index (χ4n) is 6.18. The van der Waals surface area contributed by atoms with Gasteiger partial charge in [-0.25, -0.2) is 0 Å². The quantitative estimate of drug-likeness (QED) is 0.802. The number of rotatable bonds is 4. The molecule has 5 saturated carbocycles. The van der Waals surface area contributed by atoms with Gasteiger partial charge in [0.05, 0.1) is 5.92 Å². The predicted octanol–water partition coefficient (Wildman–Crippen LogP) is 3.44. The third kappa shape index (κ3) is 3.21. The first-order valence-corrected chi connectivity index (χ1v) is 10.1. The average Bonchev–Trinajstić information content (AvgIpc) is 2.54. The van der Waals surface area contributed by atoms with Crippen molar-refractivity contribution in [3.63, 3.8) is 0 Å². The fourth-order valence-corrected chi connectivity index (χ4v) is 6.18.